The molecule has 0 heterocycles. The van der Waals surface area contributed by atoms with E-state index in [0.717, 1.165) is 0 Å². The SMILES string of the molecule is CCOC(=O)CCC(=O)Nc1cccc(C(N)=O)c1. The third-order valence-corrected chi connectivity index (χ3v) is 2.29. The molecule has 0 aliphatic heterocycles. The summed E-state index contributed by atoms with van der Waals surface area (Å²) in [5.74, 6) is -1.30. The lowest BCUT2D eigenvalue weighted by atomic mass is 10.2. The lowest BCUT2D eigenvalue weighted by molar-refractivity contribution is -0.144. The van der Waals surface area contributed by atoms with Gasteiger partial charge in [-0.3, -0.25) is 14.4 Å². The second-order valence-electron chi connectivity index (χ2n) is 3.80. The first-order valence-corrected chi connectivity index (χ1v) is 5.88. The van der Waals surface area contributed by atoms with Crippen LogP contribution in [-0.2, 0) is 14.3 Å². The number of anilines is 1. The summed E-state index contributed by atoms with van der Waals surface area (Å²) in [7, 11) is 0. The van der Waals surface area contributed by atoms with Gasteiger partial charge in [0.1, 0.15) is 0 Å². The lowest BCUT2D eigenvalue weighted by Crippen LogP contribution is -2.15. The van der Waals surface area contributed by atoms with Crippen molar-refractivity contribution >= 4 is 23.5 Å². The number of hydrogen-bond donors (Lipinski definition) is 2. The fourth-order valence-corrected chi connectivity index (χ4v) is 1.42. The Morgan fingerprint density at radius 2 is 2.00 bits per heavy atom. The monoisotopic (exact) mass is 264 g/mol. The van der Waals surface area contributed by atoms with E-state index in [1.165, 1.54) is 6.07 Å². The summed E-state index contributed by atoms with van der Waals surface area (Å²) < 4.78 is 4.71. The zero-order valence-corrected chi connectivity index (χ0v) is 10.6. The number of primary amides is 1. The number of amides is 2. The van der Waals surface area contributed by atoms with Crippen LogP contribution in [0.5, 0.6) is 0 Å². The van der Waals surface area contributed by atoms with Crippen LogP contribution in [0.4, 0.5) is 5.69 Å². The number of benzene rings is 1. The molecule has 0 saturated heterocycles. The number of carbonyl (C=O) groups is 3. The summed E-state index contributed by atoms with van der Waals surface area (Å²) in [4.78, 5) is 33.6. The molecule has 1 rings (SSSR count). The number of carbonyl (C=O) groups excluding carboxylic acids is 3. The quantitative estimate of drug-likeness (QED) is 0.751. The predicted octanol–water partition coefficient (Wildman–Crippen LogP) is 1.07. The molecule has 19 heavy (non-hydrogen) atoms. The molecule has 0 aliphatic carbocycles. The van der Waals surface area contributed by atoms with E-state index in [-0.39, 0.29) is 18.7 Å². The van der Waals surface area contributed by atoms with Gasteiger partial charge in [0.2, 0.25) is 11.8 Å². The molecular formula is C13H16N2O4. The van der Waals surface area contributed by atoms with Crippen molar-refractivity contribution in [1.82, 2.24) is 0 Å². The number of esters is 1. The minimum absolute atomic E-state index is 0.0230. The van der Waals surface area contributed by atoms with Gasteiger partial charge in [-0.25, -0.2) is 0 Å². The van der Waals surface area contributed by atoms with Gasteiger partial charge >= 0.3 is 5.97 Å². The zero-order chi connectivity index (χ0) is 14.3. The molecule has 3 N–H and O–H groups in total. The molecule has 6 heteroatoms. The highest BCUT2D eigenvalue weighted by Crippen LogP contribution is 2.10. The molecule has 102 valence electrons. The van der Waals surface area contributed by atoms with Gasteiger partial charge in [0.05, 0.1) is 13.0 Å². The Balaban J connectivity index is 2.50. The standard InChI is InChI=1S/C13H16N2O4/c1-2-19-12(17)7-6-11(16)15-10-5-3-4-9(8-10)13(14)18/h3-5,8H,2,6-7H2,1H3,(H2,14,18)(H,15,16). The number of ether oxygens (including phenoxy) is 1. The number of nitrogens with one attached hydrogen (secondary N) is 1. The summed E-state index contributed by atoms with van der Waals surface area (Å²) in [5.41, 5.74) is 5.90. The second-order valence-corrected chi connectivity index (χ2v) is 3.80. The Kier molecular flexibility index (Phi) is 5.53. The first kappa shape index (κ1) is 14.7. The van der Waals surface area contributed by atoms with Crippen LogP contribution in [0.3, 0.4) is 0 Å². The molecular weight excluding hydrogens is 248 g/mol. The third kappa shape index (κ3) is 5.20. The van der Waals surface area contributed by atoms with E-state index in [9.17, 15) is 14.4 Å². The van der Waals surface area contributed by atoms with E-state index < -0.39 is 11.9 Å². The van der Waals surface area contributed by atoms with Gasteiger partial charge in [0.25, 0.3) is 0 Å². The third-order valence-electron chi connectivity index (χ3n) is 2.29. The van der Waals surface area contributed by atoms with Crippen molar-refractivity contribution in [2.24, 2.45) is 5.73 Å². The van der Waals surface area contributed by atoms with Crippen molar-refractivity contribution < 1.29 is 19.1 Å². The van der Waals surface area contributed by atoms with Crippen LogP contribution in [0.1, 0.15) is 30.1 Å². The molecule has 1 aromatic rings. The highest BCUT2D eigenvalue weighted by molar-refractivity contribution is 5.96. The van der Waals surface area contributed by atoms with Crippen LogP contribution in [-0.4, -0.2) is 24.4 Å². The van der Waals surface area contributed by atoms with Crippen molar-refractivity contribution in [2.45, 2.75) is 19.8 Å². The molecule has 0 spiro atoms. The van der Waals surface area contributed by atoms with Gasteiger partial charge in [-0.05, 0) is 25.1 Å². The molecule has 1 aromatic carbocycles. The van der Waals surface area contributed by atoms with Crippen molar-refractivity contribution in [2.75, 3.05) is 11.9 Å². The Morgan fingerprint density at radius 3 is 2.63 bits per heavy atom. The minimum atomic E-state index is -0.567. The van der Waals surface area contributed by atoms with Crippen molar-refractivity contribution in [3.05, 3.63) is 29.8 Å². The highest BCUT2D eigenvalue weighted by atomic mass is 16.5. The van der Waals surface area contributed by atoms with E-state index in [4.69, 9.17) is 10.5 Å². The van der Waals surface area contributed by atoms with Gasteiger partial charge in [-0.2, -0.15) is 0 Å². The number of rotatable bonds is 6. The van der Waals surface area contributed by atoms with Crippen LogP contribution < -0.4 is 11.1 Å². The van der Waals surface area contributed by atoms with Crippen LogP contribution in [0.15, 0.2) is 24.3 Å². The number of nitrogens with two attached hydrogens (primary N) is 1. The van der Waals surface area contributed by atoms with E-state index in [2.05, 4.69) is 5.32 Å². The van der Waals surface area contributed by atoms with Crippen LogP contribution in [0.25, 0.3) is 0 Å². The molecule has 0 atom stereocenters. The Morgan fingerprint density at radius 1 is 1.26 bits per heavy atom. The fourth-order valence-electron chi connectivity index (χ4n) is 1.42. The van der Waals surface area contributed by atoms with Gasteiger partial charge in [-0.1, -0.05) is 6.07 Å². The van der Waals surface area contributed by atoms with Gasteiger partial charge in [0.15, 0.2) is 0 Å². The molecule has 0 bridgehead atoms. The molecule has 0 aliphatic rings. The molecule has 0 unspecified atom stereocenters. The molecule has 6 nitrogen and oxygen atoms in total. The zero-order valence-electron chi connectivity index (χ0n) is 10.6. The Labute approximate surface area is 110 Å². The van der Waals surface area contributed by atoms with E-state index in [1.54, 1.807) is 25.1 Å². The lowest BCUT2D eigenvalue weighted by Gasteiger charge is -2.06. The summed E-state index contributed by atoms with van der Waals surface area (Å²) in [6.45, 7) is 1.99. The molecule has 0 aromatic heterocycles. The number of hydrogen-bond acceptors (Lipinski definition) is 4. The highest BCUT2D eigenvalue weighted by Gasteiger charge is 2.08. The van der Waals surface area contributed by atoms with E-state index in [0.29, 0.717) is 17.9 Å². The van der Waals surface area contributed by atoms with E-state index >= 15 is 0 Å². The minimum Gasteiger partial charge on any atom is -0.466 e. The molecule has 2 amide bonds. The largest absolute Gasteiger partial charge is 0.466 e. The Hall–Kier alpha value is -2.37. The van der Waals surface area contributed by atoms with Gasteiger partial charge in [0, 0.05) is 17.7 Å². The predicted molar refractivity (Wildman–Crippen MR) is 69.5 cm³/mol. The first-order valence-electron chi connectivity index (χ1n) is 5.88. The Bertz CT molecular complexity index is 485. The maximum absolute atomic E-state index is 11.6. The summed E-state index contributed by atoms with van der Waals surface area (Å²) in [5, 5.41) is 2.58. The van der Waals surface area contributed by atoms with Gasteiger partial charge < -0.3 is 15.8 Å². The smallest absolute Gasteiger partial charge is 0.306 e. The summed E-state index contributed by atoms with van der Waals surface area (Å²) >= 11 is 0. The molecule has 0 radical (unpaired) electrons. The van der Waals surface area contributed by atoms with Crippen molar-refractivity contribution in [1.29, 1.82) is 0 Å². The molecule has 0 saturated carbocycles. The maximum Gasteiger partial charge on any atom is 0.306 e. The summed E-state index contributed by atoms with van der Waals surface area (Å²) in [6.07, 6.45) is 0.0504. The van der Waals surface area contributed by atoms with E-state index in [1.807, 2.05) is 0 Å². The average Bonchev–Trinajstić information content (AvgIpc) is 2.37. The van der Waals surface area contributed by atoms with Crippen LogP contribution in [0, 0.1) is 0 Å². The second kappa shape index (κ2) is 7.15. The fraction of sp³-hybridized carbons (Fsp3) is 0.308. The van der Waals surface area contributed by atoms with Crippen LogP contribution in [0.2, 0.25) is 0 Å². The summed E-state index contributed by atoms with van der Waals surface area (Å²) in [6, 6.07) is 6.27. The first-order chi connectivity index (χ1) is 9.02. The topological polar surface area (TPSA) is 98.5 Å². The average molecular weight is 264 g/mol. The van der Waals surface area contributed by atoms with Crippen molar-refractivity contribution in [3.63, 3.8) is 0 Å². The van der Waals surface area contributed by atoms with Crippen LogP contribution >= 0.6 is 0 Å². The molecule has 0 fully saturated rings. The maximum atomic E-state index is 11.6. The van der Waals surface area contributed by atoms with Gasteiger partial charge in [-0.15, -0.1) is 0 Å². The van der Waals surface area contributed by atoms with Crippen molar-refractivity contribution in [3.8, 4) is 0 Å². The normalized spacial score (nSPS) is 9.74.